The molecule has 0 saturated carbocycles. The first-order chi connectivity index (χ1) is 10.7. The number of rotatable bonds is 11. The molecular weight excluding hydrogens is 280 g/mol. The summed E-state index contributed by atoms with van der Waals surface area (Å²) in [7, 11) is 0. The lowest BCUT2D eigenvalue weighted by molar-refractivity contribution is -0.121. The van der Waals surface area contributed by atoms with Crippen molar-refractivity contribution in [1.29, 1.82) is 0 Å². The first kappa shape index (κ1) is 17.9. The summed E-state index contributed by atoms with van der Waals surface area (Å²) in [5.74, 6) is 2.38. The average molecular weight is 302 g/mol. The number of terminal acetylenes is 1. The Bertz CT molecular complexity index is 494. The highest BCUT2D eigenvalue weighted by molar-refractivity contribution is 5.97. The zero-order valence-corrected chi connectivity index (χ0v) is 12.6. The SMILES string of the molecule is C#CCOCCNC(=O)CCCNCC(=O)c1ccccc1. The van der Waals surface area contributed by atoms with Crippen LogP contribution in [0.3, 0.4) is 0 Å². The van der Waals surface area contributed by atoms with Gasteiger partial charge in [0.25, 0.3) is 0 Å². The number of ketones is 1. The third-order valence-corrected chi connectivity index (χ3v) is 2.89. The lowest BCUT2D eigenvalue weighted by Crippen LogP contribution is -2.29. The zero-order chi connectivity index (χ0) is 16.0. The van der Waals surface area contributed by atoms with Gasteiger partial charge in [0.05, 0.1) is 13.2 Å². The third kappa shape index (κ3) is 8.20. The summed E-state index contributed by atoms with van der Waals surface area (Å²) in [4.78, 5) is 23.3. The van der Waals surface area contributed by atoms with E-state index in [-0.39, 0.29) is 24.8 Å². The van der Waals surface area contributed by atoms with E-state index in [4.69, 9.17) is 11.2 Å². The van der Waals surface area contributed by atoms with Gasteiger partial charge in [-0.05, 0) is 13.0 Å². The first-order valence-electron chi connectivity index (χ1n) is 7.31. The van der Waals surface area contributed by atoms with Crippen molar-refractivity contribution in [1.82, 2.24) is 10.6 Å². The van der Waals surface area contributed by atoms with Crippen LogP contribution < -0.4 is 10.6 Å². The average Bonchev–Trinajstić information content (AvgIpc) is 2.55. The van der Waals surface area contributed by atoms with E-state index in [1.165, 1.54) is 0 Å². The fourth-order valence-corrected chi connectivity index (χ4v) is 1.78. The number of Topliss-reactive ketones (excluding diaryl/α,β-unsaturated/α-hetero) is 1. The van der Waals surface area contributed by atoms with Gasteiger partial charge in [0, 0.05) is 18.5 Å². The minimum atomic E-state index is -0.0273. The van der Waals surface area contributed by atoms with Crippen molar-refractivity contribution in [2.75, 3.05) is 32.8 Å². The number of carbonyl (C=O) groups is 2. The van der Waals surface area contributed by atoms with E-state index in [0.717, 1.165) is 0 Å². The number of ether oxygens (including phenoxy) is 1. The van der Waals surface area contributed by atoms with Crippen LogP contribution in [0.5, 0.6) is 0 Å². The van der Waals surface area contributed by atoms with Gasteiger partial charge >= 0.3 is 0 Å². The van der Waals surface area contributed by atoms with Crippen molar-refractivity contribution in [3.8, 4) is 12.3 Å². The van der Waals surface area contributed by atoms with Crippen molar-refractivity contribution in [3.63, 3.8) is 0 Å². The van der Waals surface area contributed by atoms with Gasteiger partial charge in [-0.3, -0.25) is 9.59 Å². The Labute approximate surface area is 131 Å². The maximum Gasteiger partial charge on any atom is 0.220 e. The summed E-state index contributed by atoms with van der Waals surface area (Å²) in [6.07, 6.45) is 6.13. The van der Waals surface area contributed by atoms with E-state index >= 15 is 0 Å². The molecular formula is C17H22N2O3. The molecule has 0 heterocycles. The normalized spacial score (nSPS) is 9.95. The van der Waals surface area contributed by atoms with Crippen LogP contribution in [-0.2, 0) is 9.53 Å². The highest BCUT2D eigenvalue weighted by Crippen LogP contribution is 1.98. The monoisotopic (exact) mass is 302 g/mol. The number of carbonyl (C=O) groups excluding carboxylic acids is 2. The molecule has 0 aliphatic carbocycles. The lowest BCUT2D eigenvalue weighted by atomic mass is 10.1. The largest absolute Gasteiger partial charge is 0.367 e. The summed E-state index contributed by atoms with van der Waals surface area (Å²) in [5, 5.41) is 5.79. The topological polar surface area (TPSA) is 67.4 Å². The van der Waals surface area contributed by atoms with Gasteiger partial charge in [0.1, 0.15) is 6.61 Å². The number of hydrogen-bond donors (Lipinski definition) is 2. The highest BCUT2D eigenvalue weighted by Gasteiger charge is 2.04. The molecule has 0 atom stereocenters. The molecule has 0 bridgehead atoms. The molecule has 0 spiro atoms. The van der Waals surface area contributed by atoms with Crippen molar-refractivity contribution >= 4 is 11.7 Å². The second-order valence-corrected chi connectivity index (χ2v) is 4.68. The number of nitrogens with one attached hydrogen (secondary N) is 2. The van der Waals surface area contributed by atoms with E-state index < -0.39 is 0 Å². The Hall–Kier alpha value is -2.16. The molecule has 22 heavy (non-hydrogen) atoms. The Kier molecular flexibility index (Phi) is 9.35. The van der Waals surface area contributed by atoms with Gasteiger partial charge in [-0.25, -0.2) is 0 Å². The molecule has 0 aliphatic heterocycles. The van der Waals surface area contributed by atoms with Gasteiger partial charge in [-0.15, -0.1) is 6.42 Å². The Morgan fingerprint density at radius 3 is 2.68 bits per heavy atom. The Morgan fingerprint density at radius 1 is 1.18 bits per heavy atom. The minimum Gasteiger partial charge on any atom is -0.367 e. The number of benzene rings is 1. The van der Waals surface area contributed by atoms with Crippen molar-refractivity contribution in [3.05, 3.63) is 35.9 Å². The molecule has 5 nitrogen and oxygen atoms in total. The van der Waals surface area contributed by atoms with Crippen LogP contribution in [0.25, 0.3) is 0 Å². The van der Waals surface area contributed by atoms with Crippen LogP contribution in [0.2, 0.25) is 0 Å². The Balaban J connectivity index is 2.00. The quantitative estimate of drug-likeness (QED) is 0.364. The second-order valence-electron chi connectivity index (χ2n) is 4.68. The predicted molar refractivity (Wildman–Crippen MR) is 85.5 cm³/mol. The van der Waals surface area contributed by atoms with Crippen molar-refractivity contribution < 1.29 is 14.3 Å². The third-order valence-electron chi connectivity index (χ3n) is 2.89. The standard InChI is InChI=1S/C17H22N2O3/c1-2-12-22-13-11-19-17(21)9-6-10-18-14-16(20)15-7-4-3-5-8-15/h1,3-5,7-8,18H,6,9-14H2,(H,19,21). The molecule has 0 aromatic heterocycles. The van der Waals surface area contributed by atoms with Gasteiger partial charge in [-0.1, -0.05) is 36.3 Å². The van der Waals surface area contributed by atoms with E-state index in [2.05, 4.69) is 16.6 Å². The molecule has 1 aromatic rings. The summed E-state index contributed by atoms with van der Waals surface area (Å²) >= 11 is 0. The smallest absolute Gasteiger partial charge is 0.220 e. The fraction of sp³-hybridized carbons (Fsp3) is 0.412. The molecule has 1 amide bonds. The number of amides is 1. The number of hydrogen-bond acceptors (Lipinski definition) is 4. The zero-order valence-electron chi connectivity index (χ0n) is 12.6. The van der Waals surface area contributed by atoms with Crippen LogP contribution >= 0.6 is 0 Å². The van der Waals surface area contributed by atoms with Crippen molar-refractivity contribution in [2.45, 2.75) is 12.8 Å². The summed E-state index contributed by atoms with van der Waals surface area (Å²) in [6, 6.07) is 9.13. The minimum absolute atomic E-state index is 0.0273. The summed E-state index contributed by atoms with van der Waals surface area (Å²) < 4.78 is 5.04. The summed E-state index contributed by atoms with van der Waals surface area (Å²) in [6.45, 7) is 2.04. The second kappa shape index (κ2) is 11.5. The molecule has 0 radical (unpaired) electrons. The van der Waals surface area contributed by atoms with Gasteiger partial charge in [0.2, 0.25) is 5.91 Å². The van der Waals surface area contributed by atoms with Crippen molar-refractivity contribution in [2.24, 2.45) is 0 Å². The van der Waals surface area contributed by atoms with Crippen LogP contribution in [0.15, 0.2) is 30.3 Å². The van der Waals surface area contributed by atoms with E-state index in [1.54, 1.807) is 12.1 Å². The first-order valence-corrected chi connectivity index (χ1v) is 7.31. The molecule has 0 fully saturated rings. The van der Waals surface area contributed by atoms with Gasteiger partial charge < -0.3 is 15.4 Å². The van der Waals surface area contributed by atoms with Crippen LogP contribution in [0.1, 0.15) is 23.2 Å². The fourth-order valence-electron chi connectivity index (χ4n) is 1.78. The maximum absolute atomic E-state index is 11.8. The van der Waals surface area contributed by atoms with E-state index in [0.29, 0.717) is 38.1 Å². The highest BCUT2D eigenvalue weighted by atomic mass is 16.5. The lowest BCUT2D eigenvalue weighted by Gasteiger charge is -2.06. The summed E-state index contributed by atoms with van der Waals surface area (Å²) in [5.41, 5.74) is 0.694. The molecule has 2 N–H and O–H groups in total. The van der Waals surface area contributed by atoms with Crippen LogP contribution in [-0.4, -0.2) is 44.5 Å². The van der Waals surface area contributed by atoms with Gasteiger partial charge in [0.15, 0.2) is 5.78 Å². The molecule has 1 rings (SSSR count). The molecule has 0 unspecified atom stereocenters. The molecule has 0 saturated heterocycles. The van der Waals surface area contributed by atoms with E-state index in [9.17, 15) is 9.59 Å². The molecule has 1 aromatic carbocycles. The Morgan fingerprint density at radius 2 is 1.95 bits per heavy atom. The predicted octanol–water partition coefficient (Wildman–Crippen LogP) is 1.01. The van der Waals surface area contributed by atoms with Gasteiger partial charge in [-0.2, -0.15) is 0 Å². The maximum atomic E-state index is 11.8. The van der Waals surface area contributed by atoms with Crippen LogP contribution in [0.4, 0.5) is 0 Å². The molecule has 118 valence electrons. The molecule has 0 aliphatic rings. The molecule has 5 heteroatoms. The van der Waals surface area contributed by atoms with E-state index in [1.807, 2.05) is 18.2 Å². The van der Waals surface area contributed by atoms with Crippen LogP contribution in [0, 0.1) is 12.3 Å².